The van der Waals surface area contributed by atoms with Gasteiger partial charge in [0.25, 0.3) is 0 Å². The van der Waals surface area contributed by atoms with Crippen molar-refractivity contribution in [2.45, 2.75) is 195 Å². The fourth-order valence-electron chi connectivity index (χ4n) is 7.62. The minimum Gasteiger partial charge on any atom is -0.394 e. The molecule has 1 amide bonds. The number of unbranched alkanes of at least 4 members (excludes halogenated alkanes) is 4. The van der Waals surface area contributed by atoms with Gasteiger partial charge < -0.3 is 89.9 Å². The average molecular weight is 984 g/mol. The van der Waals surface area contributed by atoms with E-state index in [1.807, 2.05) is 18.2 Å². The van der Waals surface area contributed by atoms with Gasteiger partial charge in [-0.3, -0.25) is 4.79 Å². The third-order valence-corrected chi connectivity index (χ3v) is 11.7. The summed E-state index contributed by atoms with van der Waals surface area (Å²) in [5, 5.41) is 119. The lowest BCUT2D eigenvalue weighted by atomic mass is 9.96. The van der Waals surface area contributed by atoms with Crippen molar-refractivity contribution in [3.63, 3.8) is 0 Å². The van der Waals surface area contributed by atoms with Crippen LogP contribution in [0.3, 0.4) is 0 Å². The molecule has 19 heteroatoms. The number of amides is 1. The Morgan fingerprint density at radius 3 is 1.54 bits per heavy atom. The number of aliphatic hydroxyl groups excluding tert-OH is 11. The molecule has 0 aromatic rings. The van der Waals surface area contributed by atoms with Crippen molar-refractivity contribution in [1.82, 2.24) is 5.32 Å². The number of rotatable bonds is 31. The minimum absolute atomic E-state index is 0.00228. The Bertz CT molecular complexity index is 1600. The SMILES string of the molecule is CC/C=C\C/C=C\C/C=C\C/C=C\C/C=C\CC(=O)NC(COC1OC(CO)C(OC2OC(CO)C(OC3OC(CO)C(O)C(O)C3O)C(O)C2O)C(O)C1O)C(O)/C=C/CC/C=C/CCCCC. The second-order valence-corrected chi connectivity index (χ2v) is 17.2. The number of allylic oxidation sites excluding steroid dienone is 12. The standard InChI is InChI=1S/C50H81NO18/c1-3-5-7-9-11-13-14-15-16-17-18-20-22-24-26-28-38(56)51-33(34(55)27-25-23-21-19-12-10-8-6-4-2)32-64-48-44(62)41(59)46(36(30-53)66-48)69-50-45(63)42(60)47(37(31-54)67-50)68-49-43(61)40(58)39(57)35(29-52)65-49/h5,7,11-13,15-16,18-20,24-27,33-37,39-50,52-55,57-63H,3-4,6,8-10,14,17,21-23,28-32H2,1-2H3,(H,51,56)/b7-5-,13-11-,16-15-,19-12+,20-18-,26-24-,27-25+. The normalized spacial score (nSPS) is 33.6. The molecular formula is C50H81NO18. The van der Waals surface area contributed by atoms with Crippen LogP contribution >= 0.6 is 0 Å². The maximum atomic E-state index is 13.1. The summed E-state index contributed by atoms with van der Waals surface area (Å²) in [6.07, 6.45) is 10.8. The third-order valence-electron chi connectivity index (χ3n) is 11.7. The van der Waals surface area contributed by atoms with Crippen molar-refractivity contribution >= 4 is 5.91 Å². The van der Waals surface area contributed by atoms with Gasteiger partial charge in [0, 0.05) is 6.42 Å². The van der Waals surface area contributed by atoms with E-state index < -0.39 is 137 Å². The summed E-state index contributed by atoms with van der Waals surface area (Å²) < 4.78 is 33.9. The first kappa shape index (κ1) is 60.3. The first-order valence-corrected chi connectivity index (χ1v) is 24.3. The summed E-state index contributed by atoms with van der Waals surface area (Å²) in [5.41, 5.74) is 0. The Morgan fingerprint density at radius 1 is 0.536 bits per heavy atom. The van der Waals surface area contributed by atoms with E-state index in [1.165, 1.54) is 6.08 Å². The molecule has 69 heavy (non-hydrogen) atoms. The Balaban J connectivity index is 1.61. The first-order valence-electron chi connectivity index (χ1n) is 24.3. The zero-order valence-corrected chi connectivity index (χ0v) is 40.0. The zero-order valence-electron chi connectivity index (χ0n) is 40.0. The molecule has 0 saturated carbocycles. The Labute approximate surface area is 406 Å². The highest BCUT2D eigenvalue weighted by Crippen LogP contribution is 2.33. The average Bonchev–Trinajstić information content (AvgIpc) is 3.34. The van der Waals surface area contributed by atoms with Gasteiger partial charge in [-0.15, -0.1) is 0 Å². The van der Waals surface area contributed by atoms with E-state index in [0.29, 0.717) is 12.8 Å². The van der Waals surface area contributed by atoms with Gasteiger partial charge in [-0.2, -0.15) is 0 Å². The molecule has 0 bridgehead atoms. The maximum absolute atomic E-state index is 13.1. The summed E-state index contributed by atoms with van der Waals surface area (Å²) in [6.45, 7) is 1.38. The molecule has 0 aromatic heterocycles. The molecule has 0 aliphatic carbocycles. The highest BCUT2D eigenvalue weighted by atomic mass is 16.8. The van der Waals surface area contributed by atoms with E-state index in [2.05, 4.69) is 67.8 Å². The van der Waals surface area contributed by atoms with Gasteiger partial charge in [-0.25, -0.2) is 0 Å². The molecule has 0 radical (unpaired) electrons. The fraction of sp³-hybridized carbons (Fsp3) is 0.700. The van der Waals surface area contributed by atoms with E-state index in [0.717, 1.165) is 57.8 Å². The van der Waals surface area contributed by atoms with Crippen molar-refractivity contribution in [1.29, 1.82) is 0 Å². The highest BCUT2D eigenvalue weighted by Gasteiger charge is 2.53. The van der Waals surface area contributed by atoms with Crippen molar-refractivity contribution in [2.75, 3.05) is 26.4 Å². The smallest absolute Gasteiger partial charge is 0.224 e. The number of aliphatic hydroxyl groups is 11. The van der Waals surface area contributed by atoms with E-state index in [-0.39, 0.29) is 6.42 Å². The monoisotopic (exact) mass is 984 g/mol. The van der Waals surface area contributed by atoms with Gasteiger partial charge in [-0.05, 0) is 57.8 Å². The van der Waals surface area contributed by atoms with Crippen LogP contribution in [0.4, 0.5) is 0 Å². The van der Waals surface area contributed by atoms with Crippen molar-refractivity contribution in [3.8, 4) is 0 Å². The molecule has 0 aromatic carbocycles. The molecule has 3 aliphatic rings. The predicted molar refractivity (Wildman–Crippen MR) is 254 cm³/mol. The summed E-state index contributed by atoms with van der Waals surface area (Å²) in [6, 6.07) is -1.05. The molecule has 3 rings (SSSR count). The quantitative estimate of drug-likeness (QED) is 0.0339. The van der Waals surface area contributed by atoms with Crippen molar-refractivity contribution in [2.24, 2.45) is 0 Å². The minimum atomic E-state index is -1.99. The van der Waals surface area contributed by atoms with E-state index >= 15 is 0 Å². The molecule has 3 fully saturated rings. The number of ether oxygens (including phenoxy) is 6. The molecule has 3 saturated heterocycles. The van der Waals surface area contributed by atoms with Crippen LogP contribution in [-0.2, 0) is 33.2 Å². The number of hydrogen-bond acceptors (Lipinski definition) is 18. The van der Waals surface area contributed by atoms with Crippen LogP contribution in [-0.4, -0.2) is 193 Å². The van der Waals surface area contributed by atoms with Gasteiger partial charge in [0.1, 0.15) is 73.2 Å². The van der Waals surface area contributed by atoms with Gasteiger partial charge in [0.05, 0.1) is 38.6 Å². The number of nitrogens with one attached hydrogen (secondary N) is 1. The predicted octanol–water partition coefficient (Wildman–Crippen LogP) is 0.911. The van der Waals surface area contributed by atoms with E-state index in [9.17, 15) is 61.0 Å². The van der Waals surface area contributed by atoms with Gasteiger partial charge in [-0.1, -0.05) is 112 Å². The van der Waals surface area contributed by atoms with Crippen molar-refractivity contribution < 1.29 is 89.4 Å². The van der Waals surface area contributed by atoms with Crippen LogP contribution in [0.2, 0.25) is 0 Å². The van der Waals surface area contributed by atoms with E-state index in [1.54, 1.807) is 12.2 Å². The first-order chi connectivity index (χ1) is 33.3. The molecule has 394 valence electrons. The maximum Gasteiger partial charge on any atom is 0.224 e. The molecule has 0 spiro atoms. The summed E-state index contributed by atoms with van der Waals surface area (Å²) in [5.74, 6) is -0.422. The lowest BCUT2D eigenvalue weighted by Gasteiger charge is -2.48. The Hall–Kier alpha value is -3.03. The lowest BCUT2D eigenvalue weighted by Crippen LogP contribution is -2.66. The van der Waals surface area contributed by atoms with Gasteiger partial charge >= 0.3 is 0 Å². The van der Waals surface area contributed by atoms with Crippen LogP contribution in [0.25, 0.3) is 0 Å². The van der Waals surface area contributed by atoms with Gasteiger partial charge in [0.2, 0.25) is 5.91 Å². The van der Waals surface area contributed by atoms with Crippen LogP contribution in [0, 0.1) is 0 Å². The molecular weight excluding hydrogens is 903 g/mol. The van der Waals surface area contributed by atoms with Crippen LogP contribution in [0.15, 0.2) is 85.1 Å². The molecule has 19 nitrogen and oxygen atoms in total. The summed E-state index contributed by atoms with van der Waals surface area (Å²) >= 11 is 0. The second-order valence-electron chi connectivity index (χ2n) is 17.2. The Morgan fingerprint density at radius 2 is 1.00 bits per heavy atom. The largest absolute Gasteiger partial charge is 0.394 e. The molecule has 17 unspecified atom stereocenters. The summed E-state index contributed by atoms with van der Waals surface area (Å²) in [4.78, 5) is 13.1. The Kier molecular flexibility index (Phi) is 30.0. The molecule has 12 N–H and O–H groups in total. The zero-order chi connectivity index (χ0) is 50.6. The highest BCUT2D eigenvalue weighted by molar-refractivity contribution is 5.77. The number of hydrogen-bond donors (Lipinski definition) is 12. The van der Waals surface area contributed by atoms with E-state index in [4.69, 9.17) is 28.4 Å². The number of carbonyl (C=O) groups is 1. The van der Waals surface area contributed by atoms with Gasteiger partial charge in [0.15, 0.2) is 18.9 Å². The lowest BCUT2D eigenvalue weighted by molar-refractivity contribution is -0.379. The van der Waals surface area contributed by atoms with Crippen molar-refractivity contribution in [3.05, 3.63) is 85.1 Å². The topological polar surface area (TPSA) is 307 Å². The summed E-state index contributed by atoms with van der Waals surface area (Å²) in [7, 11) is 0. The second kappa shape index (κ2) is 34.4. The van der Waals surface area contributed by atoms with Crippen LogP contribution < -0.4 is 5.32 Å². The fourth-order valence-corrected chi connectivity index (χ4v) is 7.62. The van der Waals surface area contributed by atoms with Crippen LogP contribution in [0.1, 0.15) is 90.9 Å². The molecule has 3 aliphatic heterocycles. The molecule has 3 heterocycles. The molecule has 17 atom stereocenters. The number of carbonyl (C=O) groups excluding carboxylic acids is 1. The van der Waals surface area contributed by atoms with Crippen LogP contribution in [0.5, 0.6) is 0 Å². The third kappa shape index (κ3) is 20.5.